The highest BCUT2D eigenvalue weighted by Gasteiger charge is 2.25. The molecule has 9 heteroatoms. The average Bonchev–Trinajstić information content (AvgIpc) is 3.33. The fraction of sp³-hybridized carbons (Fsp3) is 0.421. The van der Waals surface area contributed by atoms with Crippen LogP contribution in [0.1, 0.15) is 30.2 Å². The van der Waals surface area contributed by atoms with Crippen molar-refractivity contribution < 1.29 is 13.7 Å². The standard InChI is InChI=1S/C19H23FN6O2/c1-25(2)18-23-17(28-24-18)11-22-19(27)26-7-5-12(6-8-26)15-10-21-16-4-3-13(20)9-14(15)16/h3-4,9-10,12,21H,5-8,11H2,1-2H3,(H,22,27). The van der Waals surface area contributed by atoms with Crippen LogP contribution in [0.2, 0.25) is 0 Å². The zero-order chi connectivity index (χ0) is 19.7. The molecular formula is C19H23FN6O2. The highest BCUT2D eigenvalue weighted by Crippen LogP contribution is 2.33. The summed E-state index contributed by atoms with van der Waals surface area (Å²) in [6.07, 6.45) is 3.63. The van der Waals surface area contributed by atoms with Gasteiger partial charge in [0.05, 0.1) is 6.54 Å². The van der Waals surface area contributed by atoms with Crippen molar-refractivity contribution in [1.29, 1.82) is 0 Å². The maximum atomic E-state index is 13.6. The monoisotopic (exact) mass is 386 g/mol. The normalized spacial score (nSPS) is 15.2. The van der Waals surface area contributed by atoms with Gasteiger partial charge in [-0.15, -0.1) is 0 Å². The van der Waals surface area contributed by atoms with Gasteiger partial charge in [0.2, 0.25) is 5.89 Å². The van der Waals surface area contributed by atoms with Crippen molar-refractivity contribution >= 4 is 22.9 Å². The van der Waals surface area contributed by atoms with Crippen molar-refractivity contribution in [1.82, 2.24) is 25.3 Å². The number of benzene rings is 1. The first-order chi connectivity index (χ1) is 13.5. The number of carbonyl (C=O) groups excluding carboxylic acids is 1. The molecule has 0 atom stereocenters. The summed E-state index contributed by atoms with van der Waals surface area (Å²) in [5.74, 6) is 0.912. The van der Waals surface area contributed by atoms with Crippen LogP contribution in [-0.2, 0) is 6.54 Å². The van der Waals surface area contributed by atoms with Gasteiger partial charge in [0.1, 0.15) is 5.82 Å². The Balaban J connectivity index is 1.33. The quantitative estimate of drug-likeness (QED) is 0.720. The largest absolute Gasteiger partial charge is 0.361 e. The Morgan fingerprint density at radius 1 is 1.39 bits per heavy atom. The fourth-order valence-corrected chi connectivity index (χ4v) is 3.61. The fourth-order valence-electron chi connectivity index (χ4n) is 3.61. The number of rotatable bonds is 4. The number of aromatic amines is 1. The number of likely N-dealkylation sites (tertiary alicyclic amines) is 1. The minimum Gasteiger partial charge on any atom is -0.361 e. The van der Waals surface area contributed by atoms with Gasteiger partial charge in [0.15, 0.2) is 0 Å². The Morgan fingerprint density at radius 2 is 2.18 bits per heavy atom. The summed E-state index contributed by atoms with van der Waals surface area (Å²) in [6, 6.07) is 4.65. The SMILES string of the molecule is CN(C)c1noc(CNC(=O)N2CCC(c3c[nH]c4ccc(F)cc34)CC2)n1. The van der Waals surface area contributed by atoms with Crippen molar-refractivity contribution in [2.45, 2.75) is 25.3 Å². The summed E-state index contributed by atoms with van der Waals surface area (Å²) >= 11 is 0. The predicted octanol–water partition coefficient (Wildman–Crippen LogP) is 2.85. The summed E-state index contributed by atoms with van der Waals surface area (Å²) in [4.78, 5) is 23.3. The minimum atomic E-state index is -0.233. The maximum Gasteiger partial charge on any atom is 0.317 e. The maximum absolute atomic E-state index is 13.6. The zero-order valence-corrected chi connectivity index (χ0v) is 15.9. The average molecular weight is 386 g/mol. The smallest absolute Gasteiger partial charge is 0.317 e. The Morgan fingerprint density at radius 3 is 2.89 bits per heavy atom. The van der Waals surface area contributed by atoms with Crippen LogP contribution in [0.25, 0.3) is 10.9 Å². The molecule has 1 saturated heterocycles. The number of halogens is 1. The molecule has 2 aromatic heterocycles. The number of H-pyrrole nitrogens is 1. The van der Waals surface area contributed by atoms with Crippen LogP contribution >= 0.6 is 0 Å². The van der Waals surface area contributed by atoms with Crippen LogP contribution < -0.4 is 10.2 Å². The number of carbonyl (C=O) groups is 1. The second-order valence-corrected chi connectivity index (χ2v) is 7.24. The van der Waals surface area contributed by atoms with E-state index < -0.39 is 0 Å². The van der Waals surface area contributed by atoms with E-state index in [1.54, 1.807) is 21.9 Å². The number of hydrogen-bond donors (Lipinski definition) is 2. The molecule has 1 aliphatic rings. The van der Waals surface area contributed by atoms with Crippen molar-refractivity contribution in [3.8, 4) is 0 Å². The highest BCUT2D eigenvalue weighted by atomic mass is 19.1. The molecule has 0 bridgehead atoms. The lowest BCUT2D eigenvalue weighted by Crippen LogP contribution is -2.43. The minimum absolute atomic E-state index is 0.145. The molecular weight excluding hydrogens is 363 g/mol. The van der Waals surface area contributed by atoms with Gasteiger partial charge >= 0.3 is 6.03 Å². The first kappa shape index (κ1) is 18.3. The van der Waals surface area contributed by atoms with Crippen molar-refractivity contribution in [2.24, 2.45) is 0 Å². The third-order valence-electron chi connectivity index (χ3n) is 5.15. The Hall–Kier alpha value is -3.10. The van der Waals surface area contributed by atoms with E-state index in [-0.39, 0.29) is 18.4 Å². The molecule has 3 aromatic rings. The van der Waals surface area contributed by atoms with E-state index in [9.17, 15) is 9.18 Å². The first-order valence-electron chi connectivity index (χ1n) is 9.30. The molecule has 148 valence electrons. The van der Waals surface area contributed by atoms with Crippen LogP contribution in [0, 0.1) is 5.82 Å². The molecule has 4 rings (SSSR count). The van der Waals surface area contributed by atoms with Crippen LogP contribution in [0.4, 0.5) is 15.1 Å². The molecule has 0 spiro atoms. The molecule has 3 heterocycles. The Bertz CT molecular complexity index is 974. The second kappa shape index (κ2) is 7.49. The highest BCUT2D eigenvalue weighted by molar-refractivity contribution is 5.84. The van der Waals surface area contributed by atoms with Gasteiger partial charge < -0.3 is 24.6 Å². The van der Waals surface area contributed by atoms with Crippen molar-refractivity contribution in [2.75, 3.05) is 32.1 Å². The Labute approximate surface area is 161 Å². The summed E-state index contributed by atoms with van der Waals surface area (Å²) in [5, 5.41) is 7.57. The molecule has 1 aliphatic heterocycles. The van der Waals surface area contributed by atoms with Gasteiger partial charge in [-0.1, -0.05) is 0 Å². The molecule has 1 fully saturated rings. The lowest BCUT2D eigenvalue weighted by atomic mass is 9.89. The van der Waals surface area contributed by atoms with Gasteiger partial charge in [0, 0.05) is 44.3 Å². The number of hydrogen-bond acceptors (Lipinski definition) is 5. The zero-order valence-electron chi connectivity index (χ0n) is 15.9. The van der Waals surface area contributed by atoms with Crippen LogP contribution in [-0.4, -0.2) is 53.2 Å². The van der Waals surface area contributed by atoms with Crippen LogP contribution in [0.5, 0.6) is 0 Å². The molecule has 8 nitrogen and oxygen atoms in total. The van der Waals surface area contributed by atoms with E-state index in [2.05, 4.69) is 20.4 Å². The number of amides is 2. The van der Waals surface area contributed by atoms with Gasteiger partial charge in [-0.05, 0) is 47.7 Å². The summed E-state index contributed by atoms with van der Waals surface area (Å²) in [5.41, 5.74) is 2.06. The molecule has 0 unspecified atom stereocenters. The summed E-state index contributed by atoms with van der Waals surface area (Å²) in [6.45, 7) is 1.48. The van der Waals surface area contributed by atoms with Crippen LogP contribution in [0.15, 0.2) is 28.9 Å². The Kier molecular flexibility index (Phi) is 4.89. The third-order valence-corrected chi connectivity index (χ3v) is 5.15. The van der Waals surface area contributed by atoms with E-state index >= 15 is 0 Å². The number of urea groups is 1. The topological polar surface area (TPSA) is 90.3 Å². The third kappa shape index (κ3) is 3.64. The summed E-state index contributed by atoms with van der Waals surface area (Å²) < 4.78 is 18.7. The molecule has 28 heavy (non-hydrogen) atoms. The molecule has 2 amide bonds. The number of piperidine rings is 1. The van der Waals surface area contributed by atoms with E-state index in [1.165, 1.54) is 6.07 Å². The van der Waals surface area contributed by atoms with Crippen molar-refractivity contribution in [3.05, 3.63) is 41.7 Å². The van der Waals surface area contributed by atoms with E-state index in [0.717, 1.165) is 29.3 Å². The molecule has 0 saturated carbocycles. The second-order valence-electron chi connectivity index (χ2n) is 7.24. The molecule has 1 aromatic carbocycles. The number of anilines is 1. The predicted molar refractivity (Wildman–Crippen MR) is 103 cm³/mol. The lowest BCUT2D eigenvalue weighted by molar-refractivity contribution is 0.179. The van der Waals surface area contributed by atoms with Gasteiger partial charge in [0.25, 0.3) is 5.95 Å². The van der Waals surface area contributed by atoms with Crippen LogP contribution in [0.3, 0.4) is 0 Å². The van der Waals surface area contributed by atoms with E-state index in [4.69, 9.17) is 4.52 Å². The first-order valence-corrected chi connectivity index (χ1v) is 9.30. The lowest BCUT2D eigenvalue weighted by Gasteiger charge is -2.31. The van der Waals surface area contributed by atoms with E-state index in [0.29, 0.717) is 30.8 Å². The van der Waals surface area contributed by atoms with Gasteiger partial charge in [-0.25, -0.2) is 9.18 Å². The number of fused-ring (bicyclic) bond motifs is 1. The summed E-state index contributed by atoms with van der Waals surface area (Å²) in [7, 11) is 3.64. The number of nitrogens with zero attached hydrogens (tertiary/aromatic N) is 4. The number of nitrogens with one attached hydrogen (secondary N) is 2. The van der Waals surface area contributed by atoms with Gasteiger partial charge in [-0.2, -0.15) is 4.98 Å². The van der Waals surface area contributed by atoms with Crippen molar-refractivity contribution in [3.63, 3.8) is 0 Å². The number of aromatic nitrogens is 3. The van der Waals surface area contributed by atoms with Gasteiger partial charge in [-0.3, -0.25) is 0 Å². The molecule has 0 aliphatic carbocycles. The molecule has 0 radical (unpaired) electrons. The molecule has 2 N–H and O–H groups in total. The van der Waals surface area contributed by atoms with E-state index in [1.807, 2.05) is 20.3 Å².